The van der Waals surface area contributed by atoms with E-state index in [-0.39, 0.29) is 36.7 Å². The van der Waals surface area contributed by atoms with Gasteiger partial charge in [0.15, 0.2) is 5.96 Å². The number of unbranched alkanes of at least 4 members (excludes halogenated alkanes) is 1. The molecule has 1 heterocycles. The average molecular weight is 852 g/mol. The molecule has 4 rings (SSSR count). The fraction of sp³-hybridized carbons (Fsp3) is 0.705. The van der Waals surface area contributed by atoms with Crippen LogP contribution in [-0.2, 0) is 35.2 Å². The van der Waals surface area contributed by atoms with Crippen LogP contribution in [0, 0.1) is 11.8 Å². The third-order valence-corrected chi connectivity index (χ3v) is 12.5. The Kier molecular flexibility index (Phi) is 20.7. The van der Waals surface area contributed by atoms with Crippen LogP contribution in [0.2, 0.25) is 0 Å². The number of nitrogens with two attached hydrogens (primary N) is 5. The number of hydrogen-bond acceptors (Lipinski definition) is 9. The molecule has 2 aliphatic carbocycles. The van der Waals surface area contributed by atoms with Gasteiger partial charge in [0.25, 0.3) is 0 Å². The van der Waals surface area contributed by atoms with Crippen LogP contribution in [0.25, 0.3) is 0 Å². The molecule has 0 radical (unpaired) electrons. The highest BCUT2D eigenvalue weighted by Crippen LogP contribution is 2.30. The van der Waals surface area contributed by atoms with Gasteiger partial charge in [-0.05, 0) is 88.2 Å². The lowest BCUT2D eigenvalue weighted by molar-refractivity contribution is -0.142. The third kappa shape index (κ3) is 16.6. The summed E-state index contributed by atoms with van der Waals surface area (Å²) >= 11 is 0. The summed E-state index contributed by atoms with van der Waals surface area (Å²) in [5.41, 5.74) is 29.5. The van der Waals surface area contributed by atoms with Crippen LogP contribution in [-0.4, -0.2) is 102 Å². The third-order valence-electron chi connectivity index (χ3n) is 12.5. The molecule has 14 N–H and O–H groups in total. The van der Waals surface area contributed by atoms with Gasteiger partial charge < -0.3 is 54.8 Å². The zero-order valence-corrected chi connectivity index (χ0v) is 36.0. The van der Waals surface area contributed by atoms with Gasteiger partial charge in [-0.25, -0.2) is 0 Å². The van der Waals surface area contributed by atoms with Gasteiger partial charge >= 0.3 is 0 Å². The minimum atomic E-state index is -1.00. The molecule has 0 bridgehead atoms. The van der Waals surface area contributed by atoms with Gasteiger partial charge in [-0.2, -0.15) is 0 Å². The smallest absolute Gasteiger partial charge is 0.245 e. The summed E-state index contributed by atoms with van der Waals surface area (Å²) in [5, 5.41) is 11.6. The maximum absolute atomic E-state index is 14.4. The summed E-state index contributed by atoms with van der Waals surface area (Å²) in [6.07, 6.45) is 14.1. The van der Waals surface area contributed by atoms with Crippen molar-refractivity contribution in [3.05, 3.63) is 35.9 Å². The Morgan fingerprint density at radius 2 is 1.21 bits per heavy atom. The van der Waals surface area contributed by atoms with Crippen molar-refractivity contribution in [3.8, 4) is 0 Å². The maximum Gasteiger partial charge on any atom is 0.245 e. The second-order valence-electron chi connectivity index (χ2n) is 17.3. The summed E-state index contributed by atoms with van der Waals surface area (Å²) in [7, 11) is 0. The van der Waals surface area contributed by atoms with Gasteiger partial charge in [-0.1, -0.05) is 94.5 Å². The molecular formula is C44H73N11O6. The van der Waals surface area contributed by atoms with E-state index < -0.39 is 65.8 Å². The highest BCUT2D eigenvalue weighted by atomic mass is 16.2. The van der Waals surface area contributed by atoms with Crippen molar-refractivity contribution in [3.63, 3.8) is 0 Å². The molecule has 3 fully saturated rings. The zero-order chi connectivity index (χ0) is 44.1. The van der Waals surface area contributed by atoms with Gasteiger partial charge in [-0.15, -0.1) is 0 Å². The highest BCUT2D eigenvalue weighted by molar-refractivity contribution is 5.97. The molecule has 1 aromatic carbocycles. The molecule has 17 heteroatoms. The molecule has 340 valence electrons. The Balaban J connectivity index is 1.50. The summed E-state index contributed by atoms with van der Waals surface area (Å²) < 4.78 is 0. The van der Waals surface area contributed by atoms with Gasteiger partial charge in [0.2, 0.25) is 35.4 Å². The van der Waals surface area contributed by atoms with Crippen LogP contribution < -0.4 is 49.9 Å². The Bertz CT molecular complexity index is 1600. The van der Waals surface area contributed by atoms with E-state index in [1.54, 1.807) is 0 Å². The van der Waals surface area contributed by atoms with Crippen molar-refractivity contribution >= 4 is 41.4 Å². The van der Waals surface area contributed by atoms with Crippen molar-refractivity contribution in [1.82, 2.24) is 26.2 Å². The Hall–Kier alpha value is -4.77. The van der Waals surface area contributed by atoms with Crippen LogP contribution >= 0.6 is 0 Å². The number of nitrogens with zero attached hydrogens (tertiary/aromatic N) is 2. The summed E-state index contributed by atoms with van der Waals surface area (Å²) in [6.45, 7) is 0.993. The predicted octanol–water partition coefficient (Wildman–Crippen LogP) is 1.10. The first-order chi connectivity index (χ1) is 29.4. The number of primary amides is 1. The number of likely N-dealkylation sites (tertiary alicyclic amines) is 1. The van der Waals surface area contributed by atoms with Crippen LogP contribution in [0.1, 0.15) is 128 Å². The second-order valence-corrected chi connectivity index (χ2v) is 17.3. The quantitative estimate of drug-likeness (QED) is 0.0405. The fourth-order valence-corrected chi connectivity index (χ4v) is 9.07. The molecule has 0 aromatic heterocycles. The molecule has 2 saturated carbocycles. The SMILES string of the molecule is NCCCC[C@H](NC(=O)[C@@H](N)Cc1ccccc1)C(=O)N1CCC[C@H]1C(=O)N[C@H](CC1CCCCC1)C(=O)N[C@@H](CC1CCCCC1)C(=O)N[C@H](CCCN=C(N)N)C(N)=O. The number of amides is 6. The topological polar surface area (TPSA) is 296 Å². The van der Waals surface area contributed by atoms with E-state index in [9.17, 15) is 28.8 Å². The van der Waals surface area contributed by atoms with Crippen molar-refractivity contribution < 1.29 is 28.8 Å². The van der Waals surface area contributed by atoms with Gasteiger partial charge in [0.05, 0.1) is 6.04 Å². The largest absolute Gasteiger partial charge is 0.370 e. The molecule has 1 aliphatic heterocycles. The number of benzene rings is 1. The first-order valence-corrected chi connectivity index (χ1v) is 22.7. The summed E-state index contributed by atoms with van der Waals surface area (Å²) in [4.78, 5) is 88.2. The van der Waals surface area contributed by atoms with Crippen molar-refractivity contribution in [2.45, 2.75) is 165 Å². The molecular weight excluding hydrogens is 779 g/mol. The van der Waals surface area contributed by atoms with Crippen LogP contribution in [0.4, 0.5) is 0 Å². The number of guanidine groups is 1. The molecule has 1 aromatic rings. The van der Waals surface area contributed by atoms with Crippen molar-refractivity contribution in [1.29, 1.82) is 0 Å². The van der Waals surface area contributed by atoms with E-state index in [0.717, 1.165) is 69.8 Å². The molecule has 1 saturated heterocycles. The summed E-state index contributed by atoms with van der Waals surface area (Å²) in [6, 6.07) is 3.79. The van der Waals surface area contributed by atoms with E-state index in [1.807, 2.05) is 30.3 Å². The van der Waals surface area contributed by atoms with Crippen LogP contribution in [0.3, 0.4) is 0 Å². The van der Waals surface area contributed by atoms with E-state index >= 15 is 0 Å². The number of hydrogen-bond donors (Lipinski definition) is 9. The molecule has 0 spiro atoms. The van der Waals surface area contributed by atoms with Crippen LogP contribution in [0.5, 0.6) is 0 Å². The Labute approximate surface area is 361 Å². The Morgan fingerprint density at radius 3 is 1.79 bits per heavy atom. The minimum absolute atomic E-state index is 0.0802. The number of nitrogens with one attached hydrogen (secondary N) is 4. The normalized spacial score (nSPS) is 19.7. The molecule has 6 atom stereocenters. The first kappa shape index (κ1) is 48.9. The molecule has 17 nitrogen and oxygen atoms in total. The number of rotatable bonds is 24. The lowest BCUT2D eigenvalue weighted by atomic mass is 9.83. The molecule has 61 heavy (non-hydrogen) atoms. The van der Waals surface area contributed by atoms with Gasteiger partial charge in [-0.3, -0.25) is 33.8 Å². The lowest BCUT2D eigenvalue weighted by Crippen LogP contribution is -2.59. The van der Waals surface area contributed by atoms with Crippen molar-refractivity contribution in [2.24, 2.45) is 45.5 Å². The lowest BCUT2D eigenvalue weighted by Gasteiger charge is -2.32. The number of carbonyl (C=O) groups excluding carboxylic acids is 6. The van der Waals surface area contributed by atoms with Crippen molar-refractivity contribution in [2.75, 3.05) is 19.6 Å². The van der Waals surface area contributed by atoms with E-state index in [4.69, 9.17) is 28.7 Å². The molecule has 3 aliphatic rings. The highest BCUT2D eigenvalue weighted by Gasteiger charge is 2.40. The standard InChI is InChI=1S/C44H73N11O6/c45-23-11-10-20-34(52-39(57)32(46)26-29-14-4-1-5-15-29)43(61)55-25-13-22-37(55)42(60)54-36(28-31-18-8-3-9-19-31)41(59)53-35(27-30-16-6-2-7-17-30)40(58)51-33(38(47)56)21-12-24-50-44(48)49/h1,4-5,14-15,30-37H,2-3,6-13,16-28,45-46H2,(H2,47,56)(H,51,58)(H,52,57)(H,53,59)(H,54,60)(H4,48,49,50)/t32-,33+,34-,35-,36+,37-/m0/s1. The number of aliphatic imine (C=N–C) groups is 1. The Morgan fingerprint density at radius 1 is 0.656 bits per heavy atom. The minimum Gasteiger partial charge on any atom is -0.370 e. The molecule has 0 unspecified atom stereocenters. The second kappa shape index (κ2) is 25.9. The summed E-state index contributed by atoms with van der Waals surface area (Å²) in [5.74, 6) is -2.73. The van der Waals surface area contributed by atoms with E-state index in [1.165, 1.54) is 4.90 Å². The molecule has 6 amide bonds. The number of carbonyl (C=O) groups is 6. The van der Waals surface area contributed by atoms with E-state index in [2.05, 4.69) is 26.3 Å². The average Bonchev–Trinajstić information content (AvgIpc) is 3.75. The first-order valence-electron chi connectivity index (χ1n) is 22.7. The predicted molar refractivity (Wildman–Crippen MR) is 235 cm³/mol. The maximum atomic E-state index is 14.4. The van der Waals surface area contributed by atoms with E-state index in [0.29, 0.717) is 70.9 Å². The fourth-order valence-electron chi connectivity index (χ4n) is 9.07. The monoisotopic (exact) mass is 852 g/mol. The zero-order valence-electron chi connectivity index (χ0n) is 36.0. The van der Waals surface area contributed by atoms with Crippen LogP contribution in [0.15, 0.2) is 35.3 Å². The van der Waals surface area contributed by atoms with Gasteiger partial charge in [0.1, 0.15) is 30.2 Å². The van der Waals surface area contributed by atoms with Gasteiger partial charge in [0, 0.05) is 13.1 Å².